The summed E-state index contributed by atoms with van der Waals surface area (Å²) >= 11 is 0. The van der Waals surface area contributed by atoms with Crippen molar-refractivity contribution in [2.24, 2.45) is 5.92 Å². The fraction of sp³-hybridized carbons (Fsp3) is 0.778. The Morgan fingerprint density at radius 2 is 1.14 bits per heavy atom. The Kier molecular flexibility index (Phi) is 15.1. The summed E-state index contributed by atoms with van der Waals surface area (Å²) in [7, 11) is 0. The van der Waals surface area contributed by atoms with E-state index in [0.717, 1.165) is 0 Å². The third-order valence-electron chi connectivity index (χ3n) is 6.48. The zero-order valence-corrected chi connectivity index (χ0v) is 19.2. The smallest absolute Gasteiger partial charge is 0.119 e. The highest BCUT2D eigenvalue weighted by Gasteiger charge is 2.23. The lowest BCUT2D eigenvalue weighted by Crippen LogP contribution is -2.13. The Bertz CT molecular complexity index is 467. The van der Waals surface area contributed by atoms with Crippen LogP contribution in [0.5, 0.6) is 5.75 Å². The molecule has 1 nitrogen and oxygen atoms in total. The van der Waals surface area contributed by atoms with Crippen molar-refractivity contribution in [3.8, 4) is 5.75 Å². The first-order valence-corrected chi connectivity index (χ1v) is 12.5. The molecular formula is C27H48O. The molecule has 0 radical (unpaired) electrons. The molecule has 0 fully saturated rings. The molecule has 0 aliphatic heterocycles. The Labute approximate surface area is 176 Å². The summed E-state index contributed by atoms with van der Waals surface area (Å²) in [5.74, 6) is 1.74. The second-order valence-corrected chi connectivity index (χ2v) is 8.80. The third-order valence-corrected chi connectivity index (χ3v) is 6.48. The Morgan fingerprint density at radius 1 is 0.643 bits per heavy atom. The molecule has 1 aromatic carbocycles. The molecule has 1 rings (SSSR count). The van der Waals surface area contributed by atoms with E-state index in [2.05, 4.69) is 32.9 Å². The lowest BCUT2D eigenvalue weighted by atomic mass is 9.77. The number of rotatable bonds is 18. The maximum Gasteiger partial charge on any atom is 0.119 e. The SMILES string of the molecule is CCCCCCCCCC(c1ccccc1O)C(CC)CCCCCCCC. The van der Waals surface area contributed by atoms with Gasteiger partial charge in [0.2, 0.25) is 0 Å². The second-order valence-electron chi connectivity index (χ2n) is 8.80. The largest absolute Gasteiger partial charge is 0.508 e. The van der Waals surface area contributed by atoms with E-state index in [4.69, 9.17) is 0 Å². The van der Waals surface area contributed by atoms with Crippen molar-refractivity contribution in [2.75, 3.05) is 0 Å². The van der Waals surface area contributed by atoms with Crippen molar-refractivity contribution >= 4 is 0 Å². The summed E-state index contributed by atoms with van der Waals surface area (Å²) in [6.07, 6.45) is 21.5. The number of hydrogen-bond donors (Lipinski definition) is 1. The van der Waals surface area contributed by atoms with Crippen molar-refractivity contribution in [2.45, 2.75) is 129 Å². The quantitative estimate of drug-likeness (QED) is 0.248. The summed E-state index contributed by atoms with van der Waals surface area (Å²) < 4.78 is 0. The van der Waals surface area contributed by atoms with E-state index in [9.17, 15) is 5.11 Å². The van der Waals surface area contributed by atoms with Crippen molar-refractivity contribution < 1.29 is 5.11 Å². The summed E-state index contributed by atoms with van der Waals surface area (Å²) in [6.45, 7) is 6.92. The fourth-order valence-corrected chi connectivity index (χ4v) is 4.64. The maximum atomic E-state index is 10.5. The zero-order valence-electron chi connectivity index (χ0n) is 19.2. The van der Waals surface area contributed by atoms with Crippen LogP contribution in [0.4, 0.5) is 0 Å². The van der Waals surface area contributed by atoms with Crippen LogP contribution >= 0.6 is 0 Å². The Morgan fingerprint density at radius 3 is 1.68 bits per heavy atom. The second kappa shape index (κ2) is 16.9. The molecule has 1 N–H and O–H groups in total. The molecule has 0 heterocycles. The number of para-hydroxylation sites is 1. The van der Waals surface area contributed by atoms with Gasteiger partial charge >= 0.3 is 0 Å². The van der Waals surface area contributed by atoms with Gasteiger partial charge in [0.15, 0.2) is 0 Å². The van der Waals surface area contributed by atoms with Crippen LogP contribution in [0, 0.1) is 5.92 Å². The van der Waals surface area contributed by atoms with Crippen LogP contribution in [0.2, 0.25) is 0 Å². The maximum absolute atomic E-state index is 10.5. The zero-order chi connectivity index (χ0) is 20.5. The van der Waals surface area contributed by atoms with Gasteiger partial charge in [0, 0.05) is 0 Å². The molecule has 28 heavy (non-hydrogen) atoms. The molecule has 1 aromatic rings. The predicted octanol–water partition coefficient (Wildman–Crippen LogP) is 9.39. The monoisotopic (exact) mass is 388 g/mol. The number of phenols is 1. The highest BCUT2D eigenvalue weighted by atomic mass is 16.3. The average Bonchev–Trinajstić information content (AvgIpc) is 2.71. The van der Waals surface area contributed by atoms with Crippen molar-refractivity contribution in [1.29, 1.82) is 0 Å². The van der Waals surface area contributed by atoms with Crippen LogP contribution in [0.15, 0.2) is 24.3 Å². The van der Waals surface area contributed by atoms with E-state index >= 15 is 0 Å². The number of unbranched alkanes of at least 4 members (excludes halogenated alkanes) is 11. The van der Waals surface area contributed by atoms with E-state index < -0.39 is 0 Å². The average molecular weight is 389 g/mol. The van der Waals surface area contributed by atoms with Gasteiger partial charge in [-0.1, -0.05) is 129 Å². The van der Waals surface area contributed by atoms with Crippen molar-refractivity contribution in [3.63, 3.8) is 0 Å². The van der Waals surface area contributed by atoms with Gasteiger partial charge in [-0.15, -0.1) is 0 Å². The van der Waals surface area contributed by atoms with Crippen LogP contribution in [0.3, 0.4) is 0 Å². The molecule has 0 spiro atoms. The standard InChI is InChI=1S/C27H48O/c1-4-7-9-11-13-15-17-21-25(26-22-18-19-23-27(26)28)24(6-3)20-16-14-12-10-8-5-2/h18-19,22-25,28H,4-17,20-21H2,1-3H3. The van der Waals surface area contributed by atoms with Crippen LogP contribution in [0.1, 0.15) is 135 Å². The first-order chi connectivity index (χ1) is 13.7. The molecule has 1 heteroatoms. The number of hydrogen-bond acceptors (Lipinski definition) is 1. The minimum Gasteiger partial charge on any atom is -0.508 e. The normalized spacial score (nSPS) is 13.5. The minimum atomic E-state index is 0.511. The van der Waals surface area contributed by atoms with Gasteiger partial charge in [0.05, 0.1) is 0 Å². The van der Waals surface area contributed by atoms with Gasteiger partial charge in [0.25, 0.3) is 0 Å². The molecular weight excluding hydrogens is 340 g/mol. The van der Waals surface area contributed by atoms with E-state index in [0.29, 0.717) is 17.6 Å². The summed E-state index contributed by atoms with van der Waals surface area (Å²) in [5, 5.41) is 10.5. The van der Waals surface area contributed by atoms with E-state index in [-0.39, 0.29) is 0 Å². The minimum absolute atomic E-state index is 0.511. The van der Waals surface area contributed by atoms with Crippen LogP contribution in [-0.4, -0.2) is 5.11 Å². The molecule has 0 saturated carbocycles. The van der Waals surface area contributed by atoms with Crippen LogP contribution < -0.4 is 0 Å². The lowest BCUT2D eigenvalue weighted by molar-refractivity contribution is 0.333. The number of aromatic hydroxyl groups is 1. The van der Waals surface area contributed by atoms with E-state index in [1.807, 2.05) is 12.1 Å². The molecule has 2 atom stereocenters. The highest BCUT2D eigenvalue weighted by Crippen LogP contribution is 2.39. The van der Waals surface area contributed by atoms with Gasteiger partial charge < -0.3 is 5.11 Å². The summed E-state index contributed by atoms with van der Waals surface area (Å²) in [6, 6.07) is 8.11. The van der Waals surface area contributed by atoms with Crippen LogP contribution in [0.25, 0.3) is 0 Å². The summed E-state index contributed by atoms with van der Waals surface area (Å²) in [4.78, 5) is 0. The molecule has 0 saturated heterocycles. The number of benzene rings is 1. The lowest BCUT2D eigenvalue weighted by Gasteiger charge is -2.28. The molecule has 0 aliphatic rings. The molecule has 162 valence electrons. The predicted molar refractivity (Wildman–Crippen MR) is 125 cm³/mol. The molecule has 0 bridgehead atoms. The fourth-order valence-electron chi connectivity index (χ4n) is 4.64. The van der Waals surface area contributed by atoms with Gasteiger partial charge in [-0.05, 0) is 36.3 Å². The first-order valence-electron chi connectivity index (χ1n) is 12.5. The van der Waals surface area contributed by atoms with Crippen LogP contribution in [-0.2, 0) is 0 Å². The Balaban J connectivity index is 2.54. The molecule has 0 aromatic heterocycles. The van der Waals surface area contributed by atoms with E-state index in [1.54, 1.807) is 0 Å². The topological polar surface area (TPSA) is 20.2 Å². The van der Waals surface area contributed by atoms with Gasteiger partial charge in [0.1, 0.15) is 5.75 Å². The van der Waals surface area contributed by atoms with E-state index in [1.165, 1.54) is 108 Å². The van der Waals surface area contributed by atoms with Crippen molar-refractivity contribution in [3.05, 3.63) is 29.8 Å². The third kappa shape index (κ3) is 10.5. The Hall–Kier alpha value is -0.980. The van der Waals surface area contributed by atoms with Gasteiger partial charge in [-0.3, -0.25) is 0 Å². The highest BCUT2D eigenvalue weighted by molar-refractivity contribution is 5.35. The molecule has 0 aliphatic carbocycles. The first kappa shape index (κ1) is 25.1. The van der Waals surface area contributed by atoms with Crippen molar-refractivity contribution in [1.82, 2.24) is 0 Å². The van der Waals surface area contributed by atoms with Gasteiger partial charge in [-0.2, -0.15) is 0 Å². The number of phenolic OH excluding ortho intramolecular Hbond substituents is 1. The molecule has 0 amide bonds. The molecule has 2 unspecified atom stereocenters. The van der Waals surface area contributed by atoms with Gasteiger partial charge in [-0.25, -0.2) is 0 Å². The summed E-state index contributed by atoms with van der Waals surface area (Å²) in [5.41, 5.74) is 1.20.